The van der Waals surface area contributed by atoms with Crippen LogP contribution in [0, 0.1) is 0 Å². The summed E-state index contributed by atoms with van der Waals surface area (Å²) < 4.78 is 0. The minimum absolute atomic E-state index is 1.07. The van der Waals surface area contributed by atoms with Gasteiger partial charge < -0.3 is 15.2 Å². The van der Waals surface area contributed by atoms with Crippen molar-refractivity contribution in [1.29, 1.82) is 0 Å². The van der Waals surface area contributed by atoms with Crippen molar-refractivity contribution in [2.45, 2.75) is 13.3 Å². The maximum atomic E-state index is 3.44. The van der Waals surface area contributed by atoms with Crippen LogP contribution in [0.4, 0.5) is 5.69 Å². The number of aromatic amines is 1. The molecule has 1 aromatic heterocycles. The second-order valence-corrected chi connectivity index (χ2v) is 4.66. The van der Waals surface area contributed by atoms with E-state index in [0.717, 1.165) is 32.6 Å². The number of rotatable bonds is 2. The number of H-pyrrole nitrogens is 1. The molecule has 3 rings (SSSR count). The maximum absolute atomic E-state index is 3.44. The molecule has 0 amide bonds. The molecule has 2 aromatic rings. The van der Waals surface area contributed by atoms with E-state index in [-0.39, 0.29) is 0 Å². The van der Waals surface area contributed by atoms with E-state index in [1.807, 2.05) is 0 Å². The fourth-order valence-electron chi connectivity index (χ4n) is 2.49. The van der Waals surface area contributed by atoms with E-state index >= 15 is 0 Å². The van der Waals surface area contributed by atoms with E-state index < -0.39 is 0 Å². The van der Waals surface area contributed by atoms with Gasteiger partial charge in [-0.25, -0.2) is 0 Å². The van der Waals surface area contributed by atoms with E-state index in [1.165, 1.54) is 22.3 Å². The molecule has 0 saturated carbocycles. The van der Waals surface area contributed by atoms with Gasteiger partial charge in [0.1, 0.15) is 0 Å². The normalized spacial score (nSPS) is 16.6. The summed E-state index contributed by atoms with van der Waals surface area (Å²) in [6.07, 6.45) is 1.07. The zero-order valence-electron chi connectivity index (χ0n) is 10.3. The molecule has 1 fully saturated rings. The third-order valence-corrected chi connectivity index (χ3v) is 3.52. The van der Waals surface area contributed by atoms with Gasteiger partial charge in [-0.1, -0.05) is 6.92 Å². The third kappa shape index (κ3) is 2.03. The van der Waals surface area contributed by atoms with Gasteiger partial charge in [0.25, 0.3) is 0 Å². The molecule has 0 radical (unpaired) electrons. The minimum atomic E-state index is 1.07. The zero-order chi connectivity index (χ0) is 11.7. The lowest BCUT2D eigenvalue weighted by atomic mass is 10.2. The summed E-state index contributed by atoms with van der Waals surface area (Å²) in [4.78, 5) is 5.90. The second-order valence-electron chi connectivity index (χ2n) is 4.66. The van der Waals surface area contributed by atoms with E-state index in [1.54, 1.807) is 0 Å². The van der Waals surface area contributed by atoms with Gasteiger partial charge in [-0.15, -0.1) is 0 Å². The number of hydrogen-bond donors (Lipinski definition) is 2. The van der Waals surface area contributed by atoms with Crippen LogP contribution in [0.25, 0.3) is 10.9 Å². The van der Waals surface area contributed by atoms with Gasteiger partial charge in [-0.05, 0) is 30.7 Å². The highest BCUT2D eigenvalue weighted by atomic mass is 15.2. The first kappa shape index (κ1) is 10.7. The Hall–Kier alpha value is -1.48. The molecular formula is C14H19N3. The lowest BCUT2D eigenvalue weighted by Gasteiger charge is -2.29. The quantitative estimate of drug-likeness (QED) is 0.826. The molecular weight excluding hydrogens is 210 g/mol. The Balaban J connectivity index is 1.94. The first-order chi connectivity index (χ1) is 8.36. The number of nitrogens with zero attached hydrogens (tertiary/aromatic N) is 1. The Kier molecular flexibility index (Phi) is 2.77. The van der Waals surface area contributed by atoms with Crippen molar-refractivity contribution in [2.24, 2.45) is 0 Å². The standard InChI is InChI=1S/C14H19N3/c1-2-12-9-11-10-13(3-4-14(11)16-12)17-7-5-15-6-8-17/h3-4,9-10,15-16H,2,5-8H2,1H3. The molecule has 0 atom stereocenters. The van der Waals surface area contributed by atoms with Gasteiger partial charge in [-0.2, -0.15) is 0 Å². The predicted octanol–water partition coefficient (Wildman–Crippen LogP) is 2.14. The first-order valence-electron chi connectivity index (χ1n) is 6.44. The molecule has 0 unspecified atom stereocenters. The summed E-state index contributed by atoms with van der Waals surface area (Å²) in [6.45, 7) is 6.58. The number of anilines is 1. The predicted molar refractivity (Wildman–Crippen MR) is 72.8 cm³/mol. The molecule has 1 aromatic carbocycles. The molecule has 17 heavy (non-hydrogen) atoms. The van der Waals surface area contributed by atoms with E-state index in [0.29, 0.717) is 0 Å². The summed E-state index contributed by atoms with van der Waals surface area (Å²) >= 11 is 0. The van der Waals surface area contributed by atoms with Crippen LogP contribution < -0.4 is 10.2 Å². The first-order valence-corrected chi connectivity index (χ1v) is 6.44. The summed E-state index contributed by atoms with van der Waals surface area (Å²) in [5.41, 5.74) is 3.92. The molecule has 0 spiro atoms. The van der Waals surface area contributed by atoms with Crippen molar-refractivity contribution in [2.75, 3.05) is 31.1 Å². The molecule has 90 valence electrons. The Morgan fingerprint density at radius 2 is 2.00 bits per heavy atom. The molecule has 1 aliphatic rings. The van der Waals surface area contributed by atoms with Crippen molar-refractivity contribution in [3.63, 3.8) is 0 Å². The average Bonchev–Trinajstić information content (AvgIpc) is 2.81. The number of aryl methyl sites for hydroxylation is 1. The number of aromatic nitrogens is 1. The minimum Gasteiger partial charge on any atom is -0.369 e. The fraction of sp³-hybridized carbons (Fsp3) is 0.429. The van der Waals surface area contributed by atoms with Gasteiger partial charge in [0, 0.05) is 48.5 Å². The van der Waals surface area contributed by atoms with Crippen LogP contribution in [0.2, 0.25) is 0 Å². The second kappa shape index (κ2) is 4.41. The number of hydrogen-bond acceptors (Lipinski definition) is 2. The molecule has 2 heterocycles. The highest BCUT2D eigenvalue weighted by molar-refractivity contribution is 5.84. The molecule has 2 N–H and O–H groups in total. The highest BCUT2D eigenvalue weighted by Gasteiger charge is 2.11. The van der Waals surface area contributed by atoms with Gasteiger partial charge in [0.2, 0.25) is 0 Å². The smallest absolute Gasteiger partial charge is 0.0457 e. The van der Waals surface area contributed by atoms with Crippen LogP contribution in [-0.2, 0) is 6.42 Å². The molecule has 3 heteroatoms. The summed E-state index contributed by atoms with van der Waals surface area (Å²) in [7, 11) is 0. The fourth-order valence-corrected chi connectivity index (χ4v) is 2.49. The van der Waals surface area contributed by atoms with Crippen molar-refractivity contribution in [3.8, 4) is 0 Å². The van der Waals surface area contributed by atoms with Gasteiger partial charge >= 0.3 is 0 Å². The van der Waals surface area contributed by atoms with Crippen molar-refractivity contribution < 1.29 is 0 Å². The number of fused-ring (bicyclic) bond motifs is 1. The van der Waals surface area contributed by atoms with Crippen molar-refractivity contribution in [1.82, 2.24) is 10.3 Å². The summed E-state index contributed by atoms with van der Waals surface area (Å²) in [5.74, 6) is 0. The van der Waals surface area contributed by atoms with Crippen LogP contribution in [0.15, 0.2) is 24.3 Å². The summed E-state index contributed by atoms with van der Waals surface area (Å²) in [5, 5.41) is 4.72. The van der Waals surface area contributed by atoms with E-state index in [4.69, 9.17) is 0 Å². The van der Waals surface area contributed by atoms with Gasteiger partial charge in [0.15, 0.2) is 0 Å². The topological polar surface area (TPSA) is 31.1 Å². The van der Waals surface area contributed by atoms with E-state index in [9.17, 15) is 0 Å². The van der Waals surface area contributed by atoms with Crippen LogP contribution in [0.3, 0.4) is 0 Å². The van der Waals surface area contributed by atoms with Gasteiger partial charge in [-0.3, -0.25) is 0 Å². The number of nitrogens with one attached hydrogen (secondary N) is 2. The lowest BCUT2D eigenvalue weighted by molar-refractivity contribution is 0.589. The molecule has 0 aliphatic carbocycles. The van der Waals surface area contributed by atoms with Crippen molar-refractivity contribution >= 4 is 16.6 Å². The van der Waals surface area contributed by atoms with Crippen molar-refractivity contribution in [3.05, 3.63) is 30.0 Å². The molecule has 0 bridgehead atoms. The van der Waals surface area contributed by atoms with Gasteiger partial charge in [0.05, 0.1) is 0 Å². The zero-order valence-corrected chi connectivity index (χ0v) is 10.3. The Morgan fingerprint density at radius 1 is 1.18 bits per heavy atom. The van der Waals surface area contributed by atoms with Crippen LogP contribution >= 0.6 is 0 Å². The molecule has 1 saturated heterocycles. The Bertz CT molecular complexity index is 509. The average molecular weight is 229 g/mol. The SMILES string of the molecule is CCc1cc2cc(N3CCNCC3)ccc2[nH]1. The Labute approximate surface area is 102 Å². The third-order valence-electron chi connectivity index (χ3n) is 3.52. The van der Waals surface area contributed by atoms with Crippen LogP contribution in [0.1, 0.15) is 12.6 Å². The summed E-state index contributed by atoms with van der Waals surface area (Å²) in [6, 6.07) is 8.99. The largest absolute Gasteiger partial charge is 0.369 e. The Morgan fingerprint density at radius 3 is 2.76 bits per heavy atom. The number of benzene rings is 1. The molecule has 3 nitrogen and oxygen atoms in total. The number of piperazine rings is 1. The monoisotopic (exact) mass is 229 g/mol. The van der Waals surface area contributed by atoms with Crippen LogP contribution in [0.5, 0.6) is 0 Å². The maximum Gasteiger partial charge on any atom is 0.0457 e. The lowest BCUT2D eigenvalue weighted by Crippen LogP contribution is -2.43. The van der Waals surface area contributed by atoms with E-state index in [2.05, 4.69) is 46.4 Å². The molecule has 1 aliphatic heterocycles. The van der Waals surface area contributed by atoms with Crippen LogP contribution in [-0.4, -0.2) is 31.2 Å². The highest BCUT2D eigenvalue weighted by Crippen LogP contribution is 2.23.